The van der Waals surface area contributed by atoms with E-state index in [1.54, 1.807) is 6.08 Å². The number of carbonyl (C=O) groups excluding carboxylic acids is 1. The van der Waals surface area contributed by atoms with Gasteiger partial charge in [0.1, 0.15) is 0 Å². The van der Waals surface area contributed by atoms with Crippen molar-refractivity contribution in [3.05, 3.63) is 12.2 Å². The summed E-state index contributed by atoms with van der Waals surface area (Å²) in [5, 5.41) is 2.90. The van der Waals surface area contributed by atoms with Crippen LogP contribution in [0.5, 0.6) is 0 Å². The molecule has 1 amide bonds. The van der Waals surface area contributed by atoms with Gasteiger partial charge in [0.2, 0.25) is 5.91 Å². The van der Waals surface area contributed by atoms with Crippen molar-refractivity contribution < 1.29 is 4.79 Å². The summed E-state index contributed by atoms with van der Waals surface area (Å²) in [6.07, 6.45) is 12.1. The van der Waals surface area contributed by atoms with E-state index in [1.807, 2.05) is 20.2 Å². The van der Waals surface area contributed by atoms with Crippen molar-refractivity contribution in [2.75, 3.05) is 27.2 Å². The van der Waals surface area contributed by atoms with Gasteiger partial charge in [-0.15, -0.1) is 0 Å². The molecule has 0 unspecified atom stereocenters. The van der Waals surface area contributed by atoms with Crippen LogP contribution >= 0.6 is 0 Å². The molecule has 3 heteroatoms. The third-order valence-electron chi connectivity index (χ3n) is 2.82. The normalized spacial score (nSPS) is 11.3. The van der Waals surface area contributed by atoms with Crippen molar-refractivity contribution in [3.63, 3.8) is 0 Å². The Morgan fingerprint density at radius 1 is 1.11 bits per heavy atom. The predicted octanol–water partition coefficient (Wildman–Crippen LogP) is 2.97. The predicted molar refractivity (Wildman–Crippen MR) is 78.7 cm³/mol. The van der Waals surface area contributed by atoms with E-state index in [9.17, 15) is 4.79 Å². The molecule has 0 aliphatic carbocycles. The lowest BCUT2D eigenvalue weighted by Gasteiger charge is -2.08. The molecule has 0 spiro atoms. The van der Waals surface area contributed by atoms with Gasteiger partial charge >= 0.3 is 0 Å². The minimum atomic E-state index is 0.0438. The van der Waals surface area contributed by atoms with Crippen molar-refractivity contribution in [1.29, 1.82) is 0 Å². The number of hydrogen-bond donors (Lipinski definition) is 1. The van der Waals surface area contributed by atoms with Crippen LogP contribution in [0, 0.1) is 0 Å². The molecular formula is C15H30N2O. The third-order valence-corrected chi connectivity index (χ3v) is 2.82. The summed E-state index contributed by atoms with van der Waals surface area (Å²) in [6.45, 7) is 4.00. The zero-order valence-corrected chi connectivity index (χ0v) is 12.4. The van der Waals surface area contributed by atoms with E-state index in [1.165, 1.54) is 32.1 Å². The number of nitrogens with one attached hydrogen (secondary N) is 1. The molecule has 0 bridgehead atoms. The summed E-state index contributed by atoms with van der Waals surface area (Å²) < 4.78 is 0. The van der Waals surface area contributed by atoms with E-state index in [0.29, 0.717) is 0 Å². The molecule has 0 radical (unpaired) electrons. The van der Waals surface area contributed by atoms with E-state index in [2.05, 4.69) is 17.1 Å². The first kappa shape index (κ1) is 17.2. The molecule has 1 N–H and O–H groups in total. The van der Waals surface area contributed by atoms with E-state index in [0.717, 1.165) is 25.9 Å². The molecule has 0 aliphatic rings. The number of allylic oxidation sites excluding steroid dienone is 1. The van der Waals surface area contributed by atoms with Crippen LogP contribution in [-0.2, 0) is 4.79 Å². The van der Waals surface area contributed by atoms with Gasteiger partial charge in [0.15, 0.2) is 0 Å². The average Bonchev–Trinajstić information content (AvgIpc) is 2.33. The summed E-state index contributed by atoms with van der Waals surface area (Å²) in [7, 11) is 4.08. The lowest BCUT2D eigenvalue weighted by Crippen LogP contribution is -2.25. The third kappa shape index (κ3) is 13.2. The number of hydrogen-bond acceptors (Lipinski definition) is 2. The van der Waals surface area contributed by atoms with E-state index in [4.69, 9.17) is 0 Å². The fraction of sp³-hybridized carbons (Fsp3) is 0.800. The van der Waals surface area contributed by atoms with Crippen molar-refractivity contribution >= 4 is 5.91 Å². The molecule has 0 aromatic heterocycles. The Morgan fingerprint density at radius 3 is 2.50 bits per heavy atom. The van der Waals surface area contributed by atoms with Crippen molar-refractivity contribution in [3.8, 4) is 0 Å². The number of rotatable bonds is 11. The average molecular weight is 254 g/mol. The summed E-state index contributed by atoms with van der Waals surface area (Å²) in [6, 6.07) is 0. The maximum Gasteiger partial charge on any atom is 0.243 e. The summed E-state index contributed by atoms with van der Waals surface area (Å²) in [5.74, 6) is 0.0438. The Balaban J connectivity index is 3.34. The molecule has 0 fully saturated rings. The smallest absolute Gasteiger partial charge is 0.243 e. The first-order valence-corrected chi connectivity index (χ1v) is 7.26. The number of nitrogens with zero attached hydrogens (tertiary/aromatic N) is 1. The second kappa shape index (κ2) is 12.6. The molecule has 18 heavy (non-hydrogen) atoms. The largest absolute Gasteiger partial charge is 0.353 e. The molecule has 0 aliphatic heterocycles. The highest BCUT2D eigenvalue weighted by Gasteiger charge is 1.95. The first-order chi connectivity index (χ1) is 8.66. The van der Waals surface area contributed by atoms with Gasteiger partial charge in [-0.2, -0.15) is 0 Å². The molecule has 0 rings (SSSR count). The Hall–Kier alpha value is -0.830. The summed E-state index contributed by atoms with van der Waals surface area (Å²) in [4.78, 5) is 13.5. The van der Waals surface area contributed by atoms with Crippen LogP contribution in [0.25, 0.3) is 0 Å². The lowest BCUT2D eigenvalue weighted by molar-refractivity contribution is -0.116. The zero-order valence-electron chi connectivity index (χ0n) is 12.4. The molecular weight excluding hydrogens is 224 g/mol. The Bertz CT molecular complexity index is 225. The highest BCUT2D eigenvalue weighted by Crippen LogP contribution is 2.05. The molecule has 0 aromatic rings. The summed E-state index contributed by atoms with van der Waals surface area (Å²) >= 11 is 0. The van der Waals surface area contributed by atoms with Crippen LogP contribution in [-0.4, -0.2) is 38.0 Å². The standard InChI is InChI=1S/C15H30N2O/c1-4-5-6-7-8-9-10-12-15(18)16-13-11-14-17(2)3/h10,12H,4-9,11,13-14H2,1-3H3,(H,16,18). The maximum absolute atomic E-state index is 11.4. The Morgan fingerprint density at radius 2 is 1.83 bits per heavy atom. The van der Waals surface area contributed by atoms with Gasteiger partial charge in [-0.25, -0.2) is 0 Å². The van der Waals surface area contributed by atoms with Crippen LogP contribution in [0.15, 0.2) is 12.2 Å². The second-order valence-electron chi connectivity index (χ2n) is 5.05. The molecule has 0 heterocycles. The quantitative estimate of drug-likeness (QED) is 0.454. The number of carbonyl (C=O) groups is 1. The van der Waals surface area contributed by atoms with Gasteiger partial charge < -0.3 is 10.2 Å². The van der Waals surface area contributed by atoms with E-state index >= 15 is 0 Å². The maximum atomic E-state index is 11.4. The number of amides is 1. The summed E-state index contributed by atoms with van der Waals surface area (Å²) in [5.41, 5.74) is 0. The van der Waals surface area contributed by atoms with Crippen LogP contribution in [0.3, 0.4) is 0 Å². The van der Waals surface area contributed by atoms with Gasteiger partial charge in [-0.05, 0) is 46.0 Å². The minimum absolute atomic E-state index is 0.0438. The van der Waals surface area contributed by atoms with E-state index in [-0.39, 0.29) is 5.91 Å². The topological polar surface area (TPSA) is 32.3 Å². The van der Waals surface area contributed by atoms with Gasteiger partial charge in [0.25, 0.3) is 0 Å². The van der Waals surface area contributed by atoms with Crippen LogP contribution in [0.2, 0.25) is 0 Å². The SMILES string of the molecule is CCCCCCCC=CC(=O)NCCCN(C)C. The van der Waals surface area contributed by atoms with Gasteiger partial charge in [-0.3, -0.25) is 4.79 Å². The van der Waals surface area contributed by atoms with Crippen LogP contribution in [0.4, 0.5) is 0 Å². The first-order valence-electron chi connectivity index (χ1n) is 7.26. The van der Waals surface area contributed by atoms with Crippen LogP contribution < -0.4 is 5.32 Å². The Labute approximate surface area is 113 Å². The van der Waals surface area contributed by atoms with E-state index < -0.39 is 0 Å². The monoisotopic (exact) mass is 254 g/mol. The zero-order chi connectivity index (χ0) is 13.6. The van der Waals surface area contributed by atoms with Gasteiger partial charge in [-0.1, -0.05) is 38.7 Å². The molecule has 106 valence electrons. The molecule has 0 saturated carbocycles. The minimum Gasteiger partial charge on any atom is -0.353 e. The lowest BCUT2D eigenvalue weighted by atomic mass is 10.1. The van der Waals surface area contributed by atoms with Crippen molar-refractivity contribution in [1.82, 2.24) is 10.2 Å². The Kier molecular flexibility index (Phi) is 12.0. The molecule has 3 nitrogen and oxygen atoms in total. The molecule has 0 atom stereocenters. The molecule has 0 aromatic carbocycles. The van der Waals surface area contributed by atoms with Crippen molar-refractivity contribution in [2.45, 2.75) is 51.9 Å². The highest BCUT2D eigenvalue weighted by molar-refractivity contribution is 5.87. The molecule has 0 saturated heterocycles. The fourth-order valence-corrected chi connectivity index (χ4v) is 1.72. The van der Waals surface area contributed by atoms with Crippen molar-refractivity contribution in [2.24, 2.45) is 0 Å². The second-order valence-corrected chi connectivity index (χ2v) is 5.05. The highest BCUT2D eigenvalue weighted by atomic mass is 16.1. The fourth-order valence-electron chi connectivity index (χ4n) is 1.72. The van der Waals surface area contributed by atoms with Crippen LogP contribution in [0.1, 0.15) is 51.9 Å². The number of unbranched alkanes of at least 4 members (excludes halogenated alkanes) is 5. The van der Waals surface area contributed by atoms with Gasteiger partial charge in [0.05, 0.1) is 0 Å². The van der Waals surface area contributed by atoms with Gasteiger partial charge in [0, 0.05) is 6.54 Å².